The third kappa shape index (κ3) is 2.41. The second-order valence-electron chi connectivity index (χ2n) is 3.77. The first-order valence-corrected chi connectivity index (χ1v) is 6.80. The van der Waals surface area contributed by atoms with Crippen molar-refractivity contribution in [3.05, 3.63) is 34.9 Å². The van der Waals surface area contributed by atoms with Crippen molar-refractivity contribution in [1.29, 1.82) is 0 Å². The summed E-state index contributed by atoms with van der Waals surface area (Å²) in [5.74, 6) is 0.755. The molecule has 0 aromatic heterocycles. The third-order valence-corrected chi connectivity index (χ3v) is 4.74. The molecule has 0 radical (unpaired) electrons. The fourth-order valence-electron chi connectivity index (χ4n) is 1.88. The number of hydrogen-bond acceptors (Lipinski definition) is 2. The Bertz CT molecular complexity index is 365. The molecule has 1 saturated heterocycles. The second-order valence-corrected chi connectivity index (χ2v) is 6.12. The second kappa shape index (κ2) is 4.64. The molecule has 15 heavy (non-hydrogen) atoms. The molecule has 2 rings (SSSR count). The topological polar surface area (TPSA) is 29.1 Å². The van der Waals surface area contributed by atoms with Gasteiger partial charge in [0.25, 0.3) is 0 Å². The van der Waals surface area contributed by atoms with Gasteiger partial charge in [-0.3, -0.25) is 4.21 Å². The van der Waals surface area contributed by atoms with Gasteiger partial charge in [0.1, 0.15) is 0 Å². The summed E-state index contributed by atoms with van der Waals surface area (Å²) in [6, 6.07) is 7.95. The van der Waals surface area contributed by atoms with E-state index in [2.05, 4.69) is 5.32 Å². The zero-order valence-corrected chi connectivity index (χ0v) is 10.1. The summed E-state index contributed by atoms with van der Waals surface area (Å²) in [4.78, 5) is 0. The first kappa shape index (κ1) is 11.1. The maximum Gasteiger partial charge on any atom is 0.0515 e. The largest absolute Gasteiger partial charge is 0.308 e. The summed E-state index contributed by atoms with van der Waals surface area (Å²) in [6.45, 7) is 2.85. The molecule has 1 aliphatic rings. The highest BCUT2D eigenvalue weighted by Gasteiger charge is 2.27. The van der Waals surface area contributed by atoms with Crippen LogP contribution in [0.15, 0.2) is 24.3 Å². The van der Waals surface area contributed by atoms with Crippen LogP contribution in [0.1, 0.15) is 18.5 Å². The average molecular weight is 244 g/mol. The van der Waals surface area contributed by atoms with E-state index in [1.165, 1.54) is 5.56 Å². The molecule has 1 aliphatic heterocycles. The number of nitrogens with one attached hydrogen (secondary N) is 1. The molecule has 1 N–H and O–H groups in total. The fraction of sp³-hybridized carbons (Fsp3) is 0.455. The Kier molecular flexibility index (Phi) is 3.44. The van der Waals surface area contributed by atoms with E-state index in [1.54, 1.807) is 0 Å². The van der Waals surface area contributed by atoms with E-state index < -0.39 is 10.8 Å². The molecule has 3 unspecified atom stereocenters. The van der Waals surface area contributed by atoms with Crippen LogP contribution < -0.4 is 5.32 Å². The van der Waals surface area contributed by atoms with Crippen molar-refractivity contribution in [3.63, 3.8) is 0 Å². The van der Waals surface area contributed by atoms with Crippen LogP contribution in [0.2, 0.25) is 5.02 Å². The van der Waals surface area contributed by atoms with Crippen molar-refractivity contribution in [2.45, 2.75) is 18.2 Å². The van der Waals surface area contributed by atoms with Gasteiger partial charge in [-0.05, 0) is 24.6 Å². The third-order valence-electron chi connectivity index (χ3n) is 2.78. The Labute approximate surface area is 97.5 Å². The first-order valence-electron chi connectivity index (χ1n) is 5.04. The summed E-state index contributed by atoms with van der Waals surface area (Å²) < 4.78 is 11.7. The van der Waals surface area contributed by atoms with Gasteiger partial charge in [0.05, 0.1) is 5.25 Å². The van der Waals surface area contributed by atoms with Crippen LogP contribution in [-0.4, -0.2) is 21.8 Å². The lowest BCUT2D eigenvalue weighted by Crippen LogP contribution is -2.42. The minimum absolute atomic E-state index is 0.167. The Morgan fingerprint density at radius 3 is 2.73 bits per heavy atom. The van der Waals surface area contributed by atoms with Crippen molar-refractivity contribution in [2.75, 3.05) is 12.3 Å². The Balaban J connectivity index is 2.22. The minimum atomic E-state index is -0.716. The molecule has 82 valence electrons. The van der Waals surface area contributed by atoms with Crippen LogP contribution in [0, 0.1) is 0 Å². The van der Waals surface area contributed by atoms with E-state index in [0.29, 0.717) is 0 Å². The summed E-state index contributed by atoms with van der Waals surface area (Å²) in [5.41, 5.74) is 1.17. The van der Waals surface area contributed by atoms with E-state index in [0.717, 1.165) is 17.3 Å². The van der Waals surface area contributed by atoms with E-state index in [1.807, 2.05) is 31.2 Å². The molecule has 0 bridgehead atoms. The molecule has 1 aromatic carbocycles. The standard InChI is InChI=1S/C11H14ClNOS/c1-8-11(13-6-7-15(8)14)9-2-4-10(12)5-3-9/h2-5,8,11,13H,6-7H2,1H3. The molecular weight excluding hydrogens is 230 g/mol. The van der Waals surface area contributed by atoms with Crippen molar-refractivity contribution in [2.24, 2.45) is 0 Å². The SMILES string of the molecule is CC1C(c2ccc(Cl)cc2)NCCS1=O. The quantitative estimate of drug-likeness (QED) is 0.819. The van der Waals surface area contributed by atoms with E-state index in [-0.39, 0.29) is 11.3 Å². The molecule has 3 atom stereocenters. The maximum atomic E-state index is 11.7. The van der Waals surface area contributed by atoms with E-state index in [4.69, 9.17) is 11.6 Å². The van der Waals surface area contributed by atoms with Crippen LogP contribution >= 0.6 is 11.6 Å². The average Bonchev–Trinajstić information content (AvgIpc) is 2.24. The summed E-state index contributed by atoms with van der Waals surface area (Å²) >= 11 is 5.84. The zero-order chi connectivity index (χ0) is 10.8. The monoisotopic (exact) mass is 243 g/mol. The summed E-state index contributed by atoms with van der Waals surface area (Å²) in [5, 5.41) is 4.30. The highest BCUT2D eigenvalue weighted by molar-refractivity contribution is 7.85. The highest BCUT2D eigenvalue weighted by atomic mass is 35.5. The number of benzene rings is 1. The Hall–Kier alpha value is -0.380. The Morgan fingerprint density at radius 1 is 1.40 bits per heavy atom. The van der Waals surface area contributed by atoms with Gasteiger partial charge >= 0.3 is 0 Å². The van der Waals surface area contributed by atoms with Crippen LogP contribution in [0.4, 0.5) is 0 Å². The molecule has 1 aromatic rings. The molecule has 2 nitrogen and oxygen atoms in total. The van der Waals surface area contributed by atoms with Crippen molar-refractivity contribution >= 4 is 22.4 Å². The van der Waals surface area contributed by atoms with Crippen molar-refractivity contribution < 1.29 is 4.21 Å². The van der Waals surface area contributed by atoms with Gasteiger partial charge < -0.3 is 5.32 Å². The van der Waals surface area contributed by atoms with Gasteiger partial charge in [-0.2, -0.15) is 0 Å². The van der Waals surface area contributed by atoms with E-state index >= 15 is 0 Å². The van der Waals surface area contributed by atoms with Gasteiger partial charge in [-0.1, -0.05) is 23.7 Å². The zero-order valence-electron chi connectivity index (χ0n) is 8.57. The van der Waals surface area contributed by atoms with Crippen molar-refractivity contribution in [3.8, 4) is 0 Å². The Morgan fingerprint density at radius 2 is 2.07 bits per heavy atom. The van der Waals surface area contributed by atoms with Crippen LogP contribution in [0.5, 0.6) is 0 Å². The lowest BCUT2D eigenvalue weighted by atomic mass is 10.0. The van der Waals surface area contributed by atoms with Gasteiger partial charge in [0, 0.05) is 34.2 Å². The highest BCUT2D eigenvalue weighted by Crippen LogP contribution is 2.24. The molecular formula is C11H14ClNOS. The first-order chi connectivity index (χ1) is 7.18. The van der Waals surface area contributed by atoms with E-state index in [9.17, 15) is 4.21 Å². The molecule has 0 aliphatic carbocycles. The maximum absolute atomic E-state index is 11.7. The molecule has 0 saturated carbocycles. The normalized spacial score (nSPS) is 31.5. The van der Waals surface area contributed by atoms with Crippen LogP contribution in [-0.2, 0) is 10.8 Å². The number of hydrogen-bond donors (Lipinski definition) is 1. The predicted molar refractivity (Wildman–Crippen MR) is 64.7 cm³/mol. The van der Waals surface area contributed by atoms with Crippen LogP contribution in [0.3, 0.4) is 0 Å². The molecule has 1 fully saturated rings. The fourth-order valence-corrected chi connectivity index (χ4v) is 3.25. The van der Waals surface area contributed by atoms with Gasteiger partial charge in [0.2, 0.25) is 0 Å². The summed E-state index contributed by atoms with van der Waals surface area (Å²) in [6.07, 6.45) is 0. The van der Waals surface area contributed by atoms with Crippen molar-refractivity contribution in [1.82, 2.24) is 5.32 Å². The molecule has 1 heterocycles. The lowest BCUT2D eigenvalue weighted by Gasteiger charge is -2.29. The van der Waals surface area contributed by atoms with Gasteiger partial charge in [0.15, 0.2) is 0 Å². The van der Waals surface area contributed by atoms with Gasteiger partial charge in [-0.25, -0.2) is 0 Å². The van der Waals surface area contributed by atoms with Crippen LogP contribution in [0.25, 0.3) is 0 Å². The lowest BCUT2D eigenvalue weighted by molar-refractivity contribution is 0.514. The number of halogens is 1. The predicted octanol–water partition coefficient (Wildman–Crippen LogP) is 2.12. The summed E-state index contributed by atoms with van der Waals surface area (Å²) in [7, 11) is -0.716. The molecule has 0 spiro atoms. The molecule has 4 heteroatoms. The number of rotatable bonds is 1. The molecule has 0 amide bonds. The smallest absolute Gasteiger partial charge is 0.0515 e. The van der Waals surface area contributed by atoms with Gasteiger partial charge in [-0.15, -0.1) is 0 Å². The minimum Gasteiger partial charge on any atom is -0.308 e.